The summed E-state index contributed by atoms with van der Waals surface area (Å²) in [5.74, 6) is 0. The Morgan fingerprint density at radius 2 is 1.06 bits per heavy atom. The Labute approximate surface area is 97.4 Å². The maximum atomic E-state index is 8.00. The van der Waals surface area contributed by atoms with Crippen LogP contribution in [0, 0.1) is 10.1 Å². The Hall–Kier alpha value is -1.68. The molecule has 0 saturated heterocycles. The summed E-state index contributed by atoms with van der Waals surface area (Å²) in [6.07, 6.45) is 7.76. The highest BCUT2D eigenvalue weighted by Gasteiger charge is 2.20. The number of rotatable bonds is 8. The van der Waals surface area contributed by atoms with E-state index in [2.05, 4.69) is 26.3 Å². The van der Waals surface area contributed by atoms with Gasteiger partial charge < -0.3 is 14.6 Å². The van der Waals surface area contributed by atoms with E-state index in [0.717, 1.165) is 36.0 Å². The van der Waals surface area contributed by atoms with Crippen molar-refractivity contribution in [2.75, 3.05) is 26.2 Å². The van der Waals surface area contributed by atoms with Gasteiger partial charge in [-0.05, 0) is 24.3 Å². The second-order valence-electron chi connectivity index (χ2n) is 3.30. The number of hydrogen-bond acceptors (Lipinski definition) is 3. The van der Waals surface area contributed by atoms with Gasteiger partial charge in [-0.3, -0.25) is 0 Å². The molecule has 0 bridgehead atoms. The molecule has 0 radical (unpaired) electrons. The van der Waals surface area contributed by atoms with Gasteiger partial charge in [0, 0.05) is 0 Å². The lowest BCUT2D eigenvalue weighted by atomic mass is 10.3. The molecule has 4 nitrogen and oxygen atoms in total. The van der Waals surface area contributed by atoms with E-state index in [4.69, 9.17) is 10.1 Å². The van der Waals surface area contributed by atoms with E-state index in [1.807, 2.05) is 24.3 Å². The first-order chi connectivity index (χ1) is 7.66. The monoisotopic (exact) mass is 224 g/mol. The van der Waals surface area contributed by atoms with Gasteiger partial charge in [-0.2, -0.15) is 0 Å². The first-order valence-electron chi connectivity index (χ1n) is 4.90. The quantitative estimate of drug-likeness (QED) is 0.275. The Morgan fingerprint density at radius 3 is 1.19 bits per heavy atom. The molecular formula is C12H20N2O2. The second-order valence-corrected chi connectivity index (χ2v) is 3.30. The molecule has 0 aliphatic heterocycles. The van der Waals surface area contributed by atoms with Crippen LogP contribution in [-0.2, 0) is 0 Å². The summed E-state index contributed by atoms with van der Waals surface area (Å²) in [4.78, 5) is 8.00. The zero-order valence-corrected chi connectivity index (χ0v) is 9.68. The minimum absolute atomic E-state index is 0.903. The molecule has 0 fully saturated rings. The van der Waals surface area contributed by atoms with E-state index in [1.54, 1.807) is 0 Å². The average molecular weight is 224 g/mol. The summed E-state index contributed by atoms with van der Waals surface area (Å²) in [6.45, 7) is 18.8. The molecule has 0 atom stereocenters. The van der Waals surface area contributed by atoms with E-state index in [9.17, 15) is 0 Å². The fraction of sp³-hybridized carbons (Fsp3) is 0.333. The van der Waals surface area contributed by atoms with Crippen LogP contribution in [0.3, 0.4) is 0 Å². The average Bonchev–Trinajstić information content (AvgIpc) is 2.20. The molecule has 0 N–H and O–H groups in total. The summed E-state index contributed by atoms with van der Waals surface area (Å²) in [7, 11) is 0. The van der Waals surface area contributed by atoms with Crippen molar-refractivity contribution in [2.24, 2.45) is 5.34 Å². The smallest absolute Gasteiger partial charge is 0.0978 e. The van der Waals surface area contributed by atoms with Crippen molar-refractivity contribution < 1.29 is 4.48 Å². The van der Waals surface area contributed by atoms with Crippen LogP contribution < -0.4 is 0 Å². The molecule has 90 valence electrons. The SMILES string of the molecule is C=CC[N+](CC=C)(CC=C)CC=C.O=N[O-]. The van der Waals surface area contributed by atoms with Gasteiger partial charge in [0.1, 0.15) is 0 Å². The van der Waals surface area contributed by atoms with Crippen LogP contribution in [0.4, 0.5) is 0 Å². The molecule has 4 heteroatoms. The van der Waals surface area contributed by atoms with Crippen molar-refractivity contribution >= 4 is 0 Å². The van der Waals surface area contributed by atoms with E-state index in [0.29, 0.717) is 0 Å². The van der Waals surface area contributed by atoms with Crippen molar-refractivity contribution in [1.82, 2.24) is 0 Å². The highest BCUT2D eigenvalue weighted by Crippen LogP contribution is 2.07. The maximum Gasteiger partial charge on any atom is 0.0978 e. The fourth-order valence-corrected chi connectivity index (χ4v) is 1.54. The Kier molecular flexibility index (Phi) is 11.9. The van der Waals surface area contributed by atoms with Gasteiger partial charge in [-0.15, -0.1) is 5.34 Å². The summed E-state index contributed by atoms with van der Waals surface area (Å²) >= 11 is 0. The zero-order valence-electron chi connectivity index (χ0n) is 9.68. The molecule has 0 unspecified atom stereocenters. The normalized spacial score (nSPS) is 9.25. The Morgan fingerprint density at radius 1 is 0.875 bits per heavy atom. The van der Waals surface area contributed by atoms with Crippen molar-refractivity contribution in [2.45, 2.75) is 0 Å². The number of quaternary nitrogens is 1. The van der Waals surface area contributed by atoms with Crippen LogP contribution in [0.25, 0.3) is 0 Å². The molecule has 0 heterocycles. The fourth-order valence-electron chi connectivity index (χ4n) is 1.54. The lowest BCUT2D eigenvalue weighted by Gasteiger charge is -2.35. The highest BCUT2D eigenvalue weighted by atomic mass is 16.6. The van der Waals surface area contributed by atoms with Crippen LogP contribution in [0.5, 0.6) is 0 Å². The van der Waals surface area contributed by atoms with Crippen LogP contribution in [-0.4, -0.2) is 30.7 Å². The van der Waals surface area contributed by atoms with E-state index in [-0.39, 0.29) is 0 Å². The number of hydrogen-bond donors (Lipinski definition) is 0. The summed E-state index contributed by atoms with van der Waals surface area (Å²) in [5.41, 5.74) is 0. The Bertz CT molecular complexity index is 192. The van der Waals surface area contributed by atoms with E-state index < -0.39 is 0 Å². The minimum atomic E-state index is 0.903. The molecule has 0 amide bonds. The first kappa shape index (κ1) is 16.7. The second kappa shape index (κ2) is 11.4. The van der Waals surface area contributed by atoms with Gasteiger partial charge in [-0.25, -0.2) is 0 Å². The largest absolute Gasteiger partial charge is 0.444 e. The predicted octanol–water partition coefficient (Wildman–Crippen LogP) is 2.80. The predicted molar refractivity (Wildman–Crippen MR) is 69.7 cm³/mol. The van der Waals surface area contributed by atoms with Gasteiger partial charge in [0.15, 0.2) is 0 Å². The molecule has 0 aliphatic carbocycles. The standard InChI is InChI=1S/C12H20N.HNO2/c1-5-9-13(10-6-2,11-7-3)12-8-4;2-1-3/h5-8H,1-4,9-12H2;(H,2,3)/q+1;/p-1. The molecule has 0 aromatic heterocycles. The van der Waals surface area contributed by atoms with Crippen molar-refractivity contribution in [3.8, 4) is 0 Å². The minimum Gasteiger partial charge on any atom is -0.444 e. The highest BCUT2D eigenvalue weighted by molar-refractivity contribution is 4.79. The maximum absolute atomic E-state index is 8.00. The zero-order chi connectivity index (χ0) is 12.9. The molecule has 0 rings (SSSR count). The van der Waals surface area contributed by atoms with E-state index in [1.165, 1.54) is 0 Å². The van der Waals surface area contributed by atoms with Gasteiger partial charge in [0.2, 0.25) is 0 Å². The third-order valence-electron chi connectivity index (χ3n) is 2.07. The molecule has 0 spiro atoms. The topological polar surface area (TPSA) is 52.5 Å². The van der Waals surface area contributed by atoms with Gasteiger partial charge in [0.05, 0.1) is 26.2 Å². The lowest BCUT2D eigenvalue weighted by molar-refractivity contribution is -0.906. The summed E-state index contributed by atoms with van der Waals surface area (Å²) in [5, 5.41) is 9.00. The summed E-state index contributed by atoms with van der Waals surface area (Å²) in [6, 6.07) is 0. The molecule has 16 heavy (non-hydrogen) atoms. The molecule has 0 aromatic rings. The summed E-state index contributed by atoms with van der Waals surface area (Å²) < 4.78 is 0.903. The first-order valence-corrected chi connectivity index (χ1v) is 4.90. The van der Waals surface area contributed by atoms with Crippen molar-refractivity contribution in [3.63, 3.8) is 0 Å². The molecule has 0 saturated carbocycles. The molecule has 0 aromatic carbocycles. The molecule has 0 aliphatic rings. The van der Waals surface area contributed by atoms with Gasteiger partial charge in [-0.1, -0.05) is 26.3 Å². The Balaban J connectivity index is 0. The van der Waals surface area contributed by atoms with Crippen LogP contribution in [0.15, 0.2) is 56.0 Å². The van der Waals surface area contributed by atoms with Gasteiger partial charge >= 0.3 is 0 Å². The lowest BCUT2D eigenvalue weighted by Crippen LogP contribution is -2.48. The van der Waals surface area contributed by atoms with E-state index >= 15 is 0 Å². The van der Waals surface area contributed by atoms with Crippen molar-refractivity contribution in [3.05, 3.63) is 60.7 Å². The van der Waals surface area contributed by atoms with Crippen LogP contribution in [0.1, 0.15) is 0 Å². The van der Waals surface area contributed by atoms with Crippen molar-refractivity contribution in [1.29, 1.82) is 0 Å². The van der Waals surface area contributed by atoms with Crippen LogP contribution in [0.2, 0.25) is 0 Å². The van der Waals surface area contributed by atoms with Crippen LogP contribution >= 0.6 is 0 Å². The van der Waals surface area contributed by atoms with Gasteiger partial charge in [0.25, 0.3) is 0 Å². The third kappa shape index (κ3) is 7.70. The third-order valence-corrected chi connectivity index (χ3v) is 2.07. The molecular weight excluding hydrogens is 204 g/mol. The number of nitrogens with zero attached hydrogens (tertiary/aromatic N) is 2.